The highest BCUT2D eigenvalue weighted by Gasteiger charge is 2.21. The van der Waals surface area contributed by atoms with Gasteiger partial charge in [-0.2, -0.15) is 0 Å². The van der Waals surface area contributed by atoms with E-state index in [1.807, 2.05) is 0 Å². The lowest BCUT2D eigenvalue weighted by molar-refractivity contribution is 0.0983. The molecule has 0 radical (unpaired) electrons. The summed E-state index contributed by atoms with van der Waals surface area (Å²) in [5.41, 5.74) is 1.59. The van der Waals surface area contributed by atoms with E-state index in [-0.39, 0.29) is 16.1 Å². The van der Waals surface area contributed by atoms with Gasteiger partial charge in [-0.3, -0.25) is 18.9 Å². The number of imidazole rings is 1. The summed E-state index contributed by atoms with van der Waals surface area (Å²) in [5.74, 6) is -0.749. The SMILES string of the molecule is Cn1c(=O)n(C)c2cc(S(=O)(=O)NC(=O)c3cccc4ncccc34)ccc21. The van der Waals surface area contributed by atoms with Crippen LogP contribution in [0.3, 0.4) is 0 Å². The number of carbonyl (C=O) groups is 1. The molecule has 0 saturated carbocycles. The number of benzene rings is 2. The van der Waals surface area contributed by atoms with Crippen molar-refractivity contribution in [3.8, 4) is 0 Å². The molecule has 142 valence electrons. The molecule has 9 heteroatoms. The zero-order valence-electron chi connectivity index (χ0n) is 15.1. The number of rotatable bonds is 3. The molecule has 28 heavy (non-hydrogen) atoms. The molecular weight excluding hydrogens is 380 g/mol. The van der Waals surface area contributed by atoms with Crippen LogP contribution in [0.15, 0.2) is 64.4 Å². The van der Waals surface area contributed by atoms with Crippen molar-refractivity contribution in [2.45, 2.75) is 4.90 Å². The smallest absolute Gasteiger partial charge is 0.295 e. The van der Waals surface area contributed by atoms with Crippen LogP contribution in [-0.2, 0) is 24.1 Å². The van der Waals surface area contributed by atoms with Gasteiger partial charge in [0.05, 0.1) is 21.4 Å². The summed E-state index contributed by atoms with van der Waals surface area (Å²) in [6.45, 7) is 0. The maximum atomic E-state index is 12.8. The third-order valence-electron chi connectivity index (χ3n) is 4.67. The van der Waals surface area contributed by atoms with Gasteiger partial charge < -0.3 is 0 Å². The number of aromatic nitrogens is 3. The number of pyridine rings is 1. The Kier molecular flexibility index (Phi) is 4.04. The van der Waals surface area contributed by atoms with Crippen molar-refractivity contribution in [2.75, 3.05) is 0 Å². The Morgan fingerprint density at radius 3 is 2.54 bits per heavy atom. The average molecular weight is 396 g/mol. The largest absolute Gasteiger partial charge is 0.328 e. The zero-order valence-corrected chi connectivity index (χ0v) is 15.9. The summed E-state index contributed by atoms with van der Waals surface area (Å²) >= 11 is 0. The first-order valence-corrected chi connectivity index (χ1v) is 9.84. The lowest BCUT2D eigenvalue weighted by Crippen LogP contribution is -2.30. The lowest BCUT2D eigenvalue weighted by atomic mass is 10.1. The van der Waals surface area contributed by atoms with Crippen molar-refractivity contribution >= 4 is 37.9 Å². The second-order valence-electron chi connectivity index (χ2n) is 6.36. The molecular formula is C19H16N4O4S. The van der Waals surface area contributed by atoms with Gasteiger partial charge in [-0.05, 0) is 36.4 Å². The van der Waals surface area contributed by atoms with E-state index in [4.69, 9.17) is 0 Å². The Morgan fingerprint density at radius 2 is 1.75 bits per heavy atom. The number of nitrogens with zero attached hydrogens (tertiary/aromatic N) is 3. The topological polar surface area (TPSA) is 103 Å². The van der Waals surface area contributed by atoms with Crippen LogP contribution in [-0.4, -0.2) is 28.4 Å². The van der Waals surface area contributed by atoms with Gasteiger partial charge in [-0.1, -0.05) is 12.1 Å². The van der Waals surface area contributed by atoms with Crippen LogP contribution in [0.1, 0.15) is 10.4 Å². The molecule has 0 saturated heterocycles. The molecule has 0 aliphatic carbocycles. The molecule has 0 unspecified atom stereocenters. The third kappa shape index (κ3) is 2.76. The number of hydrogen-bond acceptors (Lipinski definition) is 5. The van der Waals surface area contributed by atoms with Gasteiger partial charge in [0.2, 0.25) is 0 Å². The van der Waals surface area contributed by atoms with Gasteiger partial charge in [0, 0.05) is 31.2 Å². The van der Waals surface area contributed by atoms with Crippen molar-refractivity contribution < 1.29 is 13.2 Å². The van der Waals surface area contributed by atoms with Crippen LogP contribution in [0.2, 0.25) is 0 Å². The predicted molar refractivity (Wildman–Crippen MR) is 105 cm³/mol. The highest BCUT2D eigenvalue weighted by atomic mass is 32.2. The van der Waals surface area contributed by atoms with E-state index in [0.717, 1.165) is 0 Å². The molecule has 4 rings (SSSR count). The molecule has 0 spiro atoms. The minimum absolute atomic E-state index is 0.104. The van der Waals surface area contributed by atoms with Crippen LogP contribution < -0.4 is 10.4 Å². The van der Waals surface area contributed by atoms with E-state index in [2.05, 4.69) is 9.71 Å². The third-order valence-corrected chi connectivity index (χ3v) is 6.00. The monoisotopic (exact) mass is 396 g/mol. The summed E-state index contributed by atoms with van der Waals surface area (Å²) in [7, 11) is -0.968. The van der Waals surface area contributed by atoms with Crippen molar-refractivity contribution in [3.05, 3.63) is 70.8 Å². The zero-order chi connectivity index (χ0) is 20.1. The number of aryl methyl sites for hydroxylation is 2. The molecule has 0 atom stereocenters. The summed E-state index contributed by atoms with van der Waals surface area (Å²) in [5, 5.41) is 0.554. The van der Waals surface area contributed by atoms with E-state index in [1.54, 1.807) is 50.6 Å². The van der Waals surface area contributed by atoms with Crippen molar-refractivity contribution in [1.82, 2.24) is 18.8 Å². The molecule has 4 aromatic rings. The van der Waals surface area contributed by atoms with Crippen molar-refractivity contribution in [2.24, 2.45) is 14.1 Å². The first-order valence-electron chi connectivity index (χ1n) is 8.36. The first kappa shape index (κ1) is 17.9. The Labute approximate surface area is 160 Å². The van der Waals surface area contributed by atoms with E-state index in [0.29, 0.717) is 21.9 Å². The molecule has 2 heterocycles. The number of carbonyl (C=O) groups excluding carboxylic acids is 1. The second kappa shape index (κ2) is 6.31. The second-order valence-corrected chi connectivity index (χ2v) is 8.04. The Balaban J connectivity index is 1.75. The van der Waals surface area contributed by atoms with Gasteiger partial charge in [-0.15, -0.1) is 0 Å². The maximum absolute atomic E-state index is 12.8. The molecule has 0 bridgehead atoms. The van der Waals surface area contributed by atoms with Crippen LogP contribution in [0.5, 0.6) is 0 Å². The standard InChI is InChI=1S/C19H16N4O4S/c1-22-16-9-8-12(11-17(16)23(2)19(22)25)28(26,27)21-18(24)14-5-3-7-15-13(14)6-4-10-20-15/h3-11H,1-2H3,(H,21,24). The van der Waals surface area contributed by atoms with Gasteiger partial charge in [0.25, 0.3) is 15.9 Å². The minimum atomic E-state index is -4.13. The molecule has 1 amide bonds. The molecule has 0 aliphatic heterocycles. The quantitative estimate of drug-likeness (QED) is 0.566. The lowest BCUT2D eigenvalue weighted by Gasteiger charge is -2.09. The summed E-state index contributed by atoms with van der Waals surface area (Å²) in [4.78, 5) is 28.8. The molecule has 0 aliphatic rings. The summed E-state index contributed by atoms with van der Waals surface area (Å²) in [6.07, 6.45) is 1.60. The first-order chi connectivity index (χ1) is 13.3. The predicted octanol–water partition coefficient (Wildman–Crippen LogP) is 1.54. The molecule has 2 aromatic heterocycles. The van der Waals surface area contributed by atoms with Crippen LogP contribution in [0.25, 0.3) is 21.9 Å². The number of hydrogen-bond donors (Lipinski definition) is 1. The fourth-order valence-corrected chi connectivity index (χ4v) is 4.18. The fourth-order valence-electron chi connectivity index (χ4n) is 3.19. The van der Waals surface area contributed by atoms with Gasteiger partial charge >= 0.3 is 5.69 Å². The van der Waals surface area contributed by atoms with E-state index in [9.17, 15) is 18.0 Å². The van der Waals surface area contributed by atoms with Crippen LogP contribution in [0, 0.1) is 0 Å². The summed E-state index contributed by atoms with van der Waals surface area (Å²) < 4.78 is 30.4. The Hall–Kier alpha value is -3.46. The molecule has 0 fully saturated rings. The normalized spacial score (nSPS) is 11.8. The van der Waals surface area contributed by atoms with E-state index < -0.39 is 15.9 Å². The van der Waals surface area contributed by atoms with Gasteiger partial charge in [0.15, 0.2) is 0 Å². The number of amides is 1. The average Bonchev–Trinajstić information content (AvgIpc) is 2.91. The molecule has 1 N–H and O–H groups in total. The summed E-state index contributed by atoms with van der Waals surface area (Å²) in [6, 6.07) is 12.6. The minimum Gasteiger partial charge on any atom is -0.295 e. The van der Waals surface area contributed by atoms with Gasteiger partial charge in [-0.25, -0.2) is 17.9 Å². The van der Waals surface area contributed by atoms with E-state index >= 15 is 0 Å². The number of nitrogens with one attached hydrogen (secondary N) is 1. The molecule has 8 nitrogen and oxygen atoms in total. The number of fused-ring (bicyclic) bond motifs is 2. The number of sulfonamides is 1. The Bertz CT molecular complexity index is 1410. The van der Waals surface area contributed by atoms with Crippen LogP contribution >= 0.6 is 0 Å². The van der Waals surface area contributed by atoms with Crippen molar-refractivity contribution in [1.29, 1.82) is 0 Å². The molecule has 2 aromatic carbocycles. The maximum Gasteiger partial charge on any atom is 0.328 e. The van der Waals surface area contributed by atoms with Crippen LogP contribution in [0.4, 0.5) is 0 Å². The highest BCUT2D eigenvalue weighted by Crippen LogP contribution is 2.20. The van der Waals surface area contributed by atoms with Gasteiger partial charge in [0.1, 0.15) is 0 Å². The van der Waals surface area contributed by atoms with Crippen molar-refractivity contribution in [3.63, 3.8) is 0 Å². The fraction of sp³-hybridized carbons (Fsp3) is 0.105. The van der Waals surface area contributed by atoms with E-state index in [1.165, 1.54) is 27.3 Å². The highest BCUT2D eigenvalue weighted by molar-refractivity contribution is 7.90. The Morgan fingerprint density at radius 1 is 1.00 bits per heavy atom.